The van der Waals surface area contributed by atoms with E-state index >= 15 is 0 Å². The molecule has 9 nitrogen and oxygen atoms in total. The predicted octanol–water partition coefficient (Wildman–Crippen LogP) is -2.02. The number of nitrogens with two attached hydrogens (primary N) is 1. The Kier molecular flexibility index (Phi) is 4.74. The van der Waals surface area contributed by atoms with Crippen LogP contribution in [0.4, 0.5) is 0 Å². The maximum atomic E-state index is 12.6. The lowest BCUT2D eigenvalue weighted by Crippen LogP contribution is -3.13. The Labute approximate surface area is 151 Å². The molecule has 1 aliphatic rings. The average molecular weight is 363 g/mol. The van der Waals surface area contributed by atoms with E-state index in [9.17, 15) is 14.4 Å². The Morgan fingerprint density at radius 1 is 1.19 bits per heavy atom. The molecule has 0 unspecified atom stereocenters. The molecule has 2 aromatic heterocycles. The number of imidazole rings is 1. The number of aryl methyl sites for hydroxylation is 1. The summed E-state index contributed by atoms with van der Waals surface area (Å²) in [7, 11) is 3.00. The van der Waals surface area contributed by atoms with Crippen LogP contribution in [-0.4, -0.2) is 37.7 Å². The Hall–Kier alpha value is -2.42. The Balaban J connectivity index is 2.14. The van der Waals surface area contributed by atoms with Crippen LogP contribution in [0.25, 0.3) is 11.2 Å². The van der Waals surface area contributed by atoms with Crippen LogP contribution in [-0.2, 0) is 32.0 Å². The lowest BCUT2D eigenvalue weighted by Gasteiger charge is -2.31. The molecule has 0 bridgehead atoms. The third-order valence-corrected chi connectivity index (χ3v) is 5.23. The summed E-state index contributed by atoms with van der Waals surface area (Å²) in [4.78, 5) is 42.4. The number of likely N-dealkylation sites (tertiary alicyclic amines) is 1. The van der Waals surface area contributed by atoms with Crippen molar-refractivity contribution in [2.24, 2.45) is 31.7 Å². The van der Waals surface area contributed by atoms with Crippen molar-refractivity contribution in [3.63, 3.8) is 0 Å². The molecular weight excluding hydrogens is 336 g/mol. The van der Waals surface area contributed by atoms with Crippen LogP contribution in [0.5, 0.6) is 0 Å². The number of primary amides is 1. The van der Waals surface area contributed by atoms with Gasteiger partial charge in [-0.2, -0.15) is 0 Å². The fraction of sp³-hybridized carbons (Fsp3) is 0.647. The summed E-state index contributed by atoms with van der Waals surface area (Å²) >= 11 is 0. The molecular formula is C17H27N6O3+. The van der Waals surface area contributed by atoms with Crippen LogP contribution in [0, 0.1) is 11.8 Å². The molecule has 1 fully saturated rings. The largest absolute Gasteiger partial charge is 0.368 e. The van der Waals surface area contributed by atoms with Crippen molar-refractivity contribution in [1.82, 2.24) is 18.7 Å². The van der Waals surface area contributed by atoms with E-state index in [0.717, 1.165) is 17.7 Å². The van der Waals surface area contributed by atoms with Gasteiger partial charge >= 0.3 is 5.69 Å². The summed E-state index contributed by atoms with van der Waals surface area (Å²) in [6, 6.07) is 0. The number of nitrogens with one attached hydrogen (secondary N) is 1. The zero-order valence-corrected chi connectivity index (χ0v) is 15.8. The van der Waals surface area contributed by atoms with Gasteiger partial charge in [-0.15, -0.1) is 0 Å². The molecule has 3 rings (SSSR count). The molecule has 2 atom stereocenters. The summed E-state index contributed by atoms with van der Waals surface area (Å²) in [5, 5.41) is 0. The van der Waals surface area contributed by atoms with Crippen molar-refractivity contribution in [3.05, 3.63) is 26.7 Å². The van der Waals surface area contributed by atoms with Crippen molar-refractivity contribution in [2.75, 3.05) is 13.1 Å². The predicted molar refractivity (Wildman–Crippen MR) is 96.8 cm³/mol. The van der Waals surface area contributed by atoms with E-state index in [1.54, 1.807) is 11.6 Å². The van der Waals surface area contributed by atoms with Crippen LogP contribution >= 0.6 is 0 Å². The van der Waals surface area contributed by atoms with Gasteiger partial charge in [-0.1, -0.05) is 13.8 Å². The van der Waals surface area contributed by atoms with Gasteiger partial charge in [-0.3, -0.25) is 18.7 Å². The molecule has 0 aromatic carbocycles. The topological polar surface area (TPSA) is 109 Å². The molecule has 9 heteroatoms. The standard InChI is InChI=1S/C17H26N6O3/c1-10-5-11(2)7-22(6-10)9-13-19-15-14(23(13)8-12(18)24)16(25)21(4)17(26)20(15)3/h10-11H,5-9H2,1-4H3,(H2,18,24)/p+1/t10-,11-/m0/s1. The fourth-order valence-corrected chi connectivity index (χ4v) is 4.24. The highest BCUT2D eigenvalue weighted by Gasteiger charge is 2.28. The van der Waals surface area contributed by atoms with Gasteiger partial charge < -0.3 is 15.2 Å². The van der Waals surface area contributed by atoms with E-state index in [4.69, 9.17) is 5.73 Å². The highest BCUT2D eigenvalue weighted by molar-refractivity contribution is 5.78. The number of rotatable bonds is 4. The zero-order chi connectivity index (χ0) is 19.2. The molecule has 142 valence electrons. The van der Waals surface area contributed by atoms with Crippen LogP contribution in [0.3, 0.4) is 0 Å². The molecule has 0 spiro atoms. The van der Waals surface area contributed by atoms with Crippen molar-refractivity contribution < 1.29 is 9.69 Å². The summed E-state index contributed by atoms with van der Waals surface area (Å²) < 4.78 is 3.95. The van der Waals surface area contributed by atoms with Crippen molar-refractivity contribution in [1.29, 1.82) is 0 Å². The van der Waals surface area contributed by atoms with Crippen molar-refractivity contribution in [2.45, 2.75) is 33.4 Å². The molecule has 0 saturated carbocycles. The minimum atomic E-state index is -0.545. The molecule has 2 aromatic rings. The number of hydrogen-bond acceptors (Lipinski definition) is 4. The molecule has 1 amide bonds. The summed E-state index contributed by atoms with van der Waals surface area (Å²) in [5.74, 6) is 1.30. The molecule has 1 aliphatic heterocycles. The monoisotopic (exact) mass is 363 g/mol. The first kappa shape index (κ1) is 18.4. The van der Waals surface area contributed by atoms with E-state index < -0.39 is 17.2 Å². The van der Waals surface area contributed by atoms with E-state index in [-0.39, 0.29) is 12.1 Å². The fourth-order valence-electron chi connectivity index (χ4n) is 4.24. The van der Waals surface area contributed by atoms with Gasteiger partial charge in [0.1, 0.15) is 13.1 Å². The second-order valence-electron chi connectivity index (χ2n) is 7.74. The minimum Gasteiger partial charge on any atom is -0.368 e. The zero-order valence-electron chi connectivity index (χ0n) is 15.8. The van der Waals surface area contributed by atoms with Gasteiger partial charge in [0.05, 0.1) is 13.1 Å². The van der Waals surface area contributed by atoms with Crippen molar-refractivity contribution in [3.8, 4) is 0 Å². The third kappa shape index (κ3) is 3.18. The second kappa shape index (κ2) is 6.71. The van der Waals surface area contributed by atoms with Crippen LogP contribution < -0.4 is 21.9 Å². The maximum absolute atomic E-state index is 12.6. The second-order valence-corrected chi connectivity index (χ2v) is 7.74. The quantitative estimate of drug-likeness (QED) is 0.653. The van der Waals surface area contributed by atoms with Gasteiger partial charge in [-0.05, 0) is 6.42 Å². The van der Waals surface area contributed by atoms with Crippen LogP contribution in [0.2, 0.25) is 0 Å². The highest BCUT2D eigenvalue weighted by Crippen LogP contribution is 2.14. The number of aromatic nitrogens is 4. The SMILES string of the molecule is C[C@H]1C[C@H](C)C[NH+](Cc2nc3c(c(=O)n(C)c(=O)n3C)n2CC(N)=O)C1. The molecule has 3 heterocycles. The summed E-state index contributed by atoms with van der Waals surface area (Å²) in [6.07, 6.45) is 1.20. The van der Waals surface area contributed by atoms with E-state index in [0.29, 0.717) is 29.9 Å². The van der Waals surface area contributed by atoms with Gasteiger partial charge in [0.25, 0.3) is 5.56 Å². The van der Waals surface area contributed by atoms with Crippen molar-refractivity contribution >= 4 is 17.1 Å². The normalized spacial score (nSPS) is 23.5. The molecule has 0 aliphatic carbocycles. The number of nitrogens with zero attached hydrogens (tertiary/aromatic N) is 4. The van der Waals surface area contributed by atoms with Gasteiger partial charge in [0.2, 0.25) is 5.91 Å². The maximum Gasteiger partial charge on any atom is 0.332 e. The molecule has 1 saturated heterocycles. The smallest absolute Gasteiger partial charge is 0.332 e. The van der Waals surface area contributed by atoms with Gasteiger partial charge in [-0.25, -0.2) is 9.78 Å². The number of quaternary nitrogens is 1. The Morgan fingerprint density at radius 3 is 2.38 bits per heavy atom. The molecule has 26 heavy (non-hydrogen) atoms. The molecule has 3 N–H and O–H groups in total. The summed E-state index contributed by atoms with van der Waals surface area (Å²) in [5.41, 5.74) is 5.05. The average Bonchev–Trinajstić information content (AvgIpc) is 2.88. The van der Waals surface area contributed by atoms with Gasteiger partial charge in [0.15, 0.2) is 17.0 Å². The van der Waals surface area contributed by atoms with Crippen LogP contribution in [0.15, 0.2) is 9.59 Å². The third-order valence-electron chi connectivity index (χ3n) is 5.23. The highest BCUT2D eigenvalue weighted by atomic mass is 16.2. The lowest BCUT2D eigenvalue weighted by atomic mass is 9.92. The van der Waals surface area contributed by atoms with E-state index in [1.807, 2.05) is 0 Å². The number of fused-ring (bicyclic) bond motifs is 1. The molecule has 0 radical (unpaired) electrons. The number of carbonyl (C=O) groups excluding carboxylic acids is 1. The first-order valence-electron chi connectivity index (χ1n) is 8.96. The Morgan fingerprint density at radius 2 is 1.81 bits per heavy atom. The number of carbonyl (C=O) groups is 1. The first-order chi connectivity index (χ1) is 12.2. The van der Waals surface area contributed by atoms with Crippen LogP contribution in [0.1, 0.15) is 26.1 Å². The Bertz CT molecular complexity index is 960. The number of hydrogen-bond donors (Lipinski definition) is 2. The first-order valence-corrected chi connectivity index (χ1v) is 8.96. The minimum absolute atomic E-state index is 0.127. The van der Waals surface area contributed by atoms with E-state index in [1.165, 1.54) is 22.9 Å². The van der Waals surface area contributed by atoms with E-state index in [2.05, 4.69) is 18.8 Å². The lowest BCUT2D eigenvalue weighted by molar-refractivity contribution is -0.926. The number of piperidine rings is 1. The number of amides is 1. The van der Waals surface area contributed by atoms with Gasteiger partial charge in [0, 0.05) is 25.9 Å². The summed E-state index contributed by atoms with van der Waals surface area (Å²) in [6.45, 7) is 6.97.